The van der Waals surface area contributed by atoms with Gasteiger partial charge in [-0.05, 0) is 58.0 Å². The van der Waals surface area contributed by atoms with Crippen LogP contribution in [0.5, 0.6) is 0 Å². The summed E-state index contributed by atoms with van der Waals surface area (Å²) in [4.78, 5) is 13.6. The van der Waals surface area contributed by atoms with E-state index in [2.05, 4.69) is 22.6 Å². The number of benzene rings is 2. The number of carbonyl (C=O) groups is 1. The van der Waals surface area contributed by atoms with Crippen LogP contribution in [0.15, 0.2) is 48.5 Å². The highest BCUT2D eigenvalue weighted by Crippen LogP contribution is 2.27. The maximum atomic E-state index is 12.9. The Morgan fingerprint density at radius 2 is 1.81 bits per heavy atom. The summed E-state index contributed by atoms with van der Waals surface area (Å²) in [7, 11) is 0. The number of hydrogen-bond acceptors (Lipinski definition) is 2. The molecule has 1 fully saturated rings. The molecule has 3 rings (SSSR count). The molecular formula is C16H13FINO2. The lowest BCUT2D eigenvalue weighted by molar-refractivity contribution is 0.132. The second-order valence-corrected chi connectivity index (χ2v) is 6.18. The second-order valence-electron chi connectivity index (χ2n) is 4.93. The van der Waals surface area contributed by atoms with Crippen LogP contribution in [0.25, 0.3) is 0 Å². The molecule has 0 spiro atoms. The number of nitrogens with zero attached hydrogens (tertiary/aromatic N) is 1. The third kappa shape index (κ3) is 3.34. The van der Waals surface area contributed by atoms with Crippen LogP contribution in [0.3, 0.4) is 0 Å². The lowest BCUT2D eigenvalue weighted by atomic mass is 10.1. The molecule has 2 aromatic carbocycles. The number of cyclic esters (lactones) is 1. The molecule has 5 heteroatoms. The molecule has 21 heavy (non-hydrogen) atoms. The monoisotopic (exact) mass is 397 g/mol. The highest BCUT2D eigenvalue weighted by Gasteiger charge is 2.32. The Hall–Kier alpha value is -1.63. The predicted octanol–water partition coefficient (Wildman–Crippen LogP) is 4.12. The van der Waals surface area contributed by atoms with Crippen molar-refractivity contribution in [2.24, 2.45) is 0 Å². The van der Waals surface area contributed by atoms with Crippen molar-refractivity contribution in [2.45, 2.75) is 12.6 Å². The van der Waals surface area contributed by atoms with E-state index >= 15 is 0 Å². The van der Waals surface area contributed by atoms with Crippen molar-refractivity contribution in [3.63, 3.8) is 0 Å². The normalized spacial score (nSPS) is 17.9. The highest BCUT2D eigenvalue weighted by molar-refractivity contribution is 14.1. The molecule has 2 aromatic rings. The third-order valence-corrected chi connectivity index (χ3v) is 4.14. The molecule has 1 aliphatic rings. The highest BCUT2D eigenvalue weighted by atomic mass is 127. The van der Waals surface area contributed by atoms with Crippen molar-refractivity contribution < 1.29 is 13.9 Å². The predicted molar refractivity (Wildman–Crippen MR) is 85.2 cm³/mol. The van der Waals surface area contributed by atoms with Gasteiger partial charge in [0.15, 0.2) is 0 Å². The topological polar surface area (TPSA) is 29.5 Å². The Labute approximate surface area is 135 Å². The summed E-state index contributed by atoms with van der Waals surface area (Å²) in [5, 5.41) is 0. The minimum Gasteiger partial charge on any atom is -0.439 e. The van der Waals surface area contributed by atoms with Gasteiger partial charge in [0.25, 0.3) is 0 Å². The van der Waals surface area contributed by atoms with Crippen LogP contribution in [0.4, 0.5) is 9.18 Å². The number of carbonyl (C=O) groups excluding carboxylic acids is 1. The molecule has 0 unspecified atom stereocenters. The first-order valence-corrected chi connectivity index (χ1v) is 7.65. The standard InChI is InChI=1S/C16H13FINO2/c17-13-5-3-12(4-6-13)15-10-19(16(20)21-15)9-11-1-7-14(18)8-2-11/h1-8,15H,9-10H2/t15-/m0/s1. The zero-order valence-electron chi connectivity index (χ0n) is 11.1. The first kappa shape index (κ1) is 14.3. The lowest BCUT2D eigenvalue weighted by Gasteiger charge is -2.13. The Morgan fingerprint density at radius 1 is 1.14 bits per heavy atom. The summed E-state index contributed by atoms with van der Waals surface area (Å²) in [6, 6.07) is 14.1. The number of halogens is 2. The van der Waals surface area contributed by atoms with E-state index in [0.717, 1.165) is 14.7 Å². The van der Waals surface area contributed by atoms with Gasteiger partial charge in [0.1, 0.15) is 11.9 Å². The van der Waals surface area contributed by atoms with Crippen LogP contribution in [0, 0.1) is 9.39 Å². The van der Waals surface area contributed by atoms with Crippen molar-refractivity contribution >= 4 is 28.7 Å². The van der Waals surface area contributed by atoms with Crippen molar-refractivity contribution in [3.8, 4) is 0 Å². The second kappa shape index (κ2) is 6.01. The molecule has 0 aliphatic carbocycles. The molecule has 1 amide bonds. The molecule has 1 heterocycles. The number of hydrogen-bond donors (Lipinski definition) is 0. The molecule has 3 nitrogen and oxygen atoms in total. The van der Waals surface area contributed by atoms with Crippen molar-refractivity contribution in [1.82, 2.24) is 4.90 Å². The maximum absolute atomic E-state index is 12.9. The molecule has 108 valence electrons. The molecule has 0 radical (unpaired) electrons. The van der Waals surface area contributed by atoms with Crippen LogP contribution in [0.2, 0.25) is 0 Å². The van der Waals surface area contributed by atoms with E-state index in [-0.39, 0.29) is 18.0 Å². The zero-order valence-corrected chi connectivity index (χ0v) is 13.3. The zero-order chi connectivity index (χ0) is 14.8. The van der Waals surface area contributed by atoms with Gasteiger partial charge in [-0.1, -0.05) is 24.3 Å². The summed E-state index contributed by atoms with van der Waals surface area (Å²) in [6.07, 6.45) is -0.662. The van der Waals surface area contributed by atoms with Crippen molar-refractivity contribution in [3.05, 3.63) is 69.0 Å². The number of amides is 1. The fourth-order valence-corrected chi connectivity index (χ4v) is 2.66. The van der Waals surface area contributed by atoms with Crippen molar-refractivity contribution in [1.29, 1.82) is 0 Å². The lowest BCUT2D eigenvalue weighted by Crippen LogP contribution is -2.23. The quantitative estimate of drug-likeness (QED) is 0.730. The molecule has 1 atom stereocenters. The van der Waals surface area contributed by atoms with Crippen molar-refractivity contribution in [2.75, 3.05) is 6.54 Å². The minimum atomic E-state index is -0.332. The summed E-state index contributed by atoms with van der Waals surface area (Å²) in [6.45, 7) is 1.00. The summed E-state index contributed by atoms with van der Waals surface area (Å²) in [5.41, 5.74) is 1.88. The molecule has 0 bridgehead atoms. The molecule has 0 saturated carbocycles. The van der Waals surface area contributed by atoms with Gasteiger partial charge in [-0.25, -0.2) is 9.18 Å². The van der Waals surface area contributed by atoms with E-state index in [1.54, 1.807) is 17.0 Å². The van der Waals surface area contributed by atoms with Gasteiger partial charge in [-0.2, -0.15) is 0 Å². The number of rotatable bonds is 3. The van der Waals surface area contributed by atoms with Gasteiger partial charge in [-0.3, -0.25) is 4.90 Å². The maximum Gasteiger partial charge on any atom is 0.410 e. The SMILES string of the molecule is O=C1O[C@H](c2ccc(F)cc2)CN1Cc1ccc(I)cc1. The first-order chi connectivity index (χ1) is 10.1. The largest absolute Gasteiger partial charge is 0.439 e. The van der Waals surface area contributed by atoms with Gasteiger partial charge in [0, 0.05) is 10.1 Å². The van der Waals surface area contributed by atoms with E-state index < -0.39 is 0 Å². The van der Waals surface area contributed by atoms with Gasteiger partial charge >= 0.3 is 6.09 Å². The van der Waals surface area contributed by atoms with E-state index in [0.29, 0.717) is 13.1 Å². The molecule has 1 aliphatic heterocycles. The van der Waals surface area contributed by atoms with Gasteiger partial charge in [-0.15, -0.1) is 0 Å². The van der Waals surface area contributed by atoms with E-state index in [1.807, 2.05) is 24.3 Å². The van der Waals surface area contributed by atoms with Crippen LogP contribution >= 0.6 is 22.6 Å². The van der Waals surface area contributed by atoms with E-state index in [4.69, 9.17) is 4.74 Å². The first-order valence-electron chi connectivity index (χ1n) is 6.57. The van der Waals surface area contributed by atoms with E-state index in [9.17, 15) is 9.18 Å². The Kier molecular flexibility index (Phi) is 4.10. The van der Waals surface area contributed by atoms with Crippen LogP contribution in [-0.2, 0) is 11.3 Å². The third-order valence-electron chi connectivity index (χ3n) is 3.42. The fourth-order valence-electron chi connectivity index (χ4n) is 2.30. The van der Waals surface area contributed by atoms with Crippen LogP contribution in [-0.4, -0.2) is 17.5 Å². The Bertz CT molecular complexity index is 642. The van der Waals surface area contributed by atoms with Gasteiger partial charge in [0.2, 0.25) is 0 Å². The summed E-state index contributed by atoms with van der Waals surface area (Å²) in [5.74, 6) is -0.293. The molecular weight excluding hydrogens is 384 g/mol. The minimum absolute atomic E-state index is 0.293. The Morgan fingerprint density at radius 3 is 2.48 bits per heavy atom. The summed E-state index contributed by atoms with van der Waals surface area (Å²) >= 11 is 2.24. The fraction of sp³-hybridized carbons (Fsp3) is 0.188. The van der Waals surface area contributed by atoms with Gasteiger partial charge < -0.3 is 4.74 Å². The Balaban J connectivity index is 1.69. The smallest absolute Gasteiger partial charge is 0.410 e. The van der Waals surface area contributed by atoms with Gasteiger partial charge in [0.05, 0.1) is 6.54 Å². The average Bonchev–Trinajstić information content (AvgIpc) is 2.83. The number of ether oxygens (including phenoxy) is 1. The summed E-state index contributed by atoms with van der Waals surface area (Å²) < 4.78 is 19.4. The van der Waals surface area contributed by atoms with E-state index in [1.165, 1.54) is 12.1 Å². The molecule has 0 N–H and O–H groups in total. The van der Waals surface area contributed by atoms with Crippen LogP contribution in [0.1, 0.15) is 17.2 Å². The average molecular weight is 397 g/mol. The van der Waals surface area contributed by atoms with Crippen LogP contribution < -0.4 is 0 Å². The molecule has 0 aromatic heterocycles. The molecule has 1 saturated heterocycles.